The summed E-state index contributed by atoms with van der Waals surface area (Å²) in [7, 11) is -3.59. The monoisotopic (exact) mass is 512 g/mol. The van der Waals surface area contributed by atoms with Gasteiger partial charge < -0.3 is 5.11 Å². The molecule has 190 valence electrons. The van der Waals surface area contributed by atoms with E-state index in [2.05, 4.69) is 26.8 Å². The predicted octanol–water partition coefficient (Wildman–Crippen LogP) is 1.06. The number of amides is 1. The number of allylic oxidation sites excluding steroid dienone is 1. The molecule has 1 saturated heterocycles. The minimum absolute atomic E-state index is 0.0607. The van der Waals surface area contributed by atoms with Crippen LogP contribution in [-0.4, -0.2) is 67.5 Å². The lowest BCUT2D eigenvalue weighted by Gasteiger charge is -2.23. The van der Waals surface area contributed by atoms with Crippen molar-refractivity contribution in [2.45, 2.75) is 56.2 Å². The first-order valence-corrected chi connectivity index (χ1v) is 13.2. The molecule has 0 spiro atoms. The Bertz CT molecular complexity index is 1490. The summed E-state index contributed by atoms with van der Waals surface area (Å²) in [6.07, 6.45) is 7.70. The molecule has 1 aliphatic heterocycles. The molecule has 4 heterocycles. The number of anilines is 1. The number of aromatic nitrogens is 5. The van der Waals surface area contributed by atoms with Crippen molar-refractivity contribution in [2.75, 3.05) is 11.4 Å². The maximum Gasteiger partial charge on any atom is 0.257 e. The third-order valence-electron chi connectivity index (χ3n) is 6.48. The normalized spacial score (nSPS) is 20.6. The average Bonchev–Trinajstić information content (AvgIpc) is 3.34. The van der Waals surface area contributed by atoms with Crippen LogP contribution in [0.1, 0.15) is 50.4 Å². The predicted molar refractivity (Wildman–Crippen MR) is 134 cm³/mol. The van der Waals surface area contributed by atoms with E-state index in [0.29, 0.717) is 53.8 Å². The summed E-state index contributed by atoms with van der Waals surface area (Å²) in [6, 6.07) is 1.67. The van der Waals surface area contributed by atoms with Gasteiger partial charge in [-0.1, -0.05) is 12.7 Å². The maximum atomic E-state index is 12.7. The number of rotatable bonds is 8. The molecule has 0 bridgehead atoms. The summed E-state index contributed by atoms with van der Waals surface area (Å²) in [4.78, 5) is 23.0. The van der Waals surface area contributed by atoms with E-state index in [1.165, 1.54) is 29.6 Å². The summed E-state index contributed by atoms with van der Waals surface area (Å²) >= 11 is 0. The number of nitrogens with two attached hydrogens (primary N) is 1. The van der Waals surface area contributed by atoms with Crippen molar-refractivity contribution < 1.29 is 18.3 Å². The number of carbonyl (C=O) groups excluding carboxylic acids is 1. The van der Waals surface area contributed by atoms with E-state index in [-0.39, 0.29) is 6.04 Å². The van der Waals surface area contributed by atoms with Gasteiger partial charge in [0.05, 0.1) is 34.2 Å². The van der Waals surface area contributed by atoms with Crippen LogP contribution in [0, 0.1) is 0 Å². The van der Waals surface area contributed by atoms with Crippen LogP contribution in [0.25, 0.3) is 10.9 Å². The Balaban J connectivity index is 1.64. The molecule has 5 rings (SSSR count). The van der Waals surface area contributed by atoms with E-state index in [9.17, 15) is 18.3 Å². The van der Waals surface area contributed by atoms with Crippen LogP contribution in [-0.2, 0) is 20.5 Å². The molecule has 0 radical (unpaired) electrons. The Morgan fingerprint density at radius 1 is 1.31 bits per heavy atom. The Kier molecular flexibility index (Phi) is 5.80. The lowest BCUT2D eigenvalue weighted by molar-refractivity contribution is -0.124. The topological polar surface area (TPSA) is 162 Å². The molecule has 1 aliphatic carbocycles. The second kappa shape index (κ2) is 8.61. The molecule has 3 aromatic heterocycles. The third-order valence-corrected chi connectivity index (χ3v) is 8.51. The Morgan fingerprint density at radius 2 is 2.06 bits per heavy atom. The lowest BCUT2D eigenvalue weighted by Crippen LogP contribution is -2.37. The fraction of sp³-hybridized carbons (Fsp3) is 0.435. The van der Waals surface area contributed by atoms with Gasteiger partial charge in [0, 0.05) is 37.0 Å². The number of aliphatic hydroxyl groups is 1. The quantitative estimate of drug-likeness (QED) is 0.424. The standard InChI is InChI=1S/C23H28N8O4S/c1-4-8-26-23(24,15-11-27-30(13-15)36(34,35)16-5-6-16)20-10-18-17(12-25-20)21(28-31(18)14(2)3)29-9-7-19(32)22(29)33/h4,8,10-14,16,19,32H,1,5-7,9,24H2,2-3H3/t19-,23?/m1/s1. The van der Waals surface area contributed by atoms with E-state index < -0.39 is 32.9 Å². The third kappa shape index (κ3) is 3.83. The van der Waals surface area contributed by atoms with Gasteiger partial charge in [0.15, 0.2) is 11.5 Å². The van der Waals surface area contributed by atoms with Gasteiger partial charge in [0.25, 0.3) is 15.9 Å². The van der Waals surface area contributed by atoms with Crippen LogP contribution in [0.15, 0.2) is 42.3 Å². The number of fused-ring (bicyclic) bond motifs is 1. The molecule has 3 aromatic rings. The van der Waals surface area contributed by atoms with Gasteiger partial charge >= 0.3 is 0 Å². The summed E-state index contributed by atoms with van der Waals surface area (Å²) in [5.74, 6) is 0.0160. The minimum atomic E-state index is -3.59. The summed E-state index contributed by atoms with van der Waals surface area (Å²) in [5, 5.41) is 18.8. The van der Waals surface area contributed by atoms with E-state index in [1.807, 2.05) is 13.8 Å². The summed E-state index contributed by atoms with van der Waals surface area (Å²) in [5.41, 5.74) is 6.55. The smallest absolute Gasteiger partial charge is 0.257 e. The number of pyridine rings is 1. The van der Waals surface area contributed by atoms with E-state index >= 15 is 0 Å². The van der Waals surface area contributed by atoms with Crippen molar-refractivity contribution in [2.24, 2.45) is 10.7 Å². The fourth-order valence-corrected chi connectivity index (χ4v) is 5.79. The molecule has 0 aromatic carbocycles. The lowest BCUT2D eigenvalue weighted by atomic mass is 9.99. The second-order valence-corrected chi connectivity index (χ2v) is 11.4. The Hall–Kier alpha value is -3.42. The largest absolute Gasteiger partial charge is 0.383 e. The number of hydrogen-bond donors (Lipinski definition) is 2. The maximum absolute atomic E-state index is 12.7. The molecule has 2 aliphatic rings. The number of nitrogens with zero attached hydrogens (tertiary/aromatic N) is 7. The van der Waals surface area contributed by atoms with Crippen LogP contribution in [0.2, 0.25) is 0 Å². The molecule has 1 saturated carbocycles. The Morgan fingerprint density at radius 3 is 2.67 bits per heavy atom. The zero-order chi connectivity index (χ0) is 25.8. The highest BCUT2D eigenvalue weighted by Crippen LogP contribution is 2.35. The van der Waals surface area contributed by atoms with Gasteiger partial charge in [-0.3, -0.25) is 30.1 Å². The van der Waals surface area contributed by atoms with Crippen LogP contribution in [0.3, 0.4) is 0 Å². The first-order chi connectivity index (χ1) is 17.1. The Labute approximate surface area is 208 Å². The van der Waals surface area contributed by atoms with Crippen LogP contribution in [0.4, 0.5) is 5.82 Å². The molecule has 3 N–H and O–H groups in total. The first-order valence-electron chi connectivity index (χ1n) is 11.7. The molecule has 1 unspecified atom stereocenters. The van der Waals surface area contributed by atoms with Gasteiger partial charge in [0.2, 0.25) is 0 Å². The van der Waals surface area contributed by atoms with E-state index in [4.69, 9.17) is 5.73 Å². The molecule has 13 heteroatoms. The molecular formula is C23H28N8O4S. The van der Waals surface area contributed by atoms with Crippen LogP contribution in [0.5, 0.6) is 0 Å². The minimum Gasteiger partial charge on any atom is -0.383 e. The number of aliphatic imine (C=N–C) groups is 1. The van der Waals surface area contributed by atoms with Gasteiger partial charge in [-0.2, -0.15) is 14.3 Å². The SMILES string of the molecule is C=CC=NC(N)(c1cnn(S(=O)(=O)C2CC2)c1)c1cc2c(cn1)c(N1CC[C@@H](O)C1=O)nn2C(C)C. The average molecular weight is 513 g/mol. The van der Waals surface area contributed by atoms with Crippen molar-refractivity contribution >= 4 is 38.9 Å². The summed E-state index contributed by atoms with van der Waals surface area (Å²) in [6.45, 7) is 7.92. The molecule has 2 atom stereocenters. The zero-order valence-corrected chi connectivity index (χ0v) is 20.8. The number of hydrogen-bond acceptors (Lipinski definition) is 9. The molecule has 1 amide bonds. The van der Waals surface area contributed by atoms with Crippen molar-refractivity contribution in [3.8, 4) is 0 Å². The molecule has 12 nitrogen and oxygen atoms in total. The zero-order valence-electron chi connectivity index (χ0n) is 20.0. The second-order valence-electron chi connectivity index (χ2n) is 9.37. The highest BCUT2D eigenvalue weighted by atomic mass is 32.2. The first kappa shape index (κ1) is 24.3. The number of aliphatic hydroxyl groups excluding tert-OH is 1. The highest BCUT2D eigenvalue weighted by molar-refractivity contribution is 7.90. The van der Waals surface area contributed by atoms with E-state index in [1.54, 1.807) is 16.9 Å². The summed E-state index contributed by atoms with van der Waals surface area (Å²) < 4.78 is 28.1. The molecule has 36 heavy (non-hydrogen) atoms. The van der Waals surface area contributed by atoms with Gasteiger partial charge in [-0.15, -0.1) is 0 Å². The van der Waals surface area contributed by atoms with Gasteiger partial charge in [-0.25, -0.2) is 8.42 Å². The van der Waals surface area contributed by atoms with Crippen molar-refractivity contribution in [3.05, 3.63) is 48.6 Å². The van der Waals surface area contributed by atoms with Gasteiger partial charge in [0.1, 0.15) is 6.10 Å². The van der Waals surface area contributed by atoms with Gasteiger partial charge in [-0.05, 0) is 32.8 Å². The van der Waals surface area contributed by atoms with Crippen molar-refractivity contribution in [3.63, 3.8) is 0 Å². The van der Waals surface area contributed by atoms with Crippen LogP contribution >= 0.6 is 0 Å². The van der Waals surface area contributed by atoms with Crippen molar-refractivity contribution in [1.82, 2.24) is 24.0 Å². The highest BCUT2D eigenvalue weighted by Gasteiger charge is 2.40. The number of carbonyl (C=O) groups is 1. The van der Waals surface area contributed by atoms with Crippen molar-refractivity contribution in [1.29, 1.82) is 0 Å². The molecular weight excluding hydrogens is 484 g/mol. The fourth-order valence-electron chi connectivity index (χ4n) is 4.31. The molecule has 2 fully saturated rings. The van der Waals surface area contributed by atoms with Crippen LogP contribution < -0.4 is 10.6 Å². The van der Waals surface area contributed by atoms with E-state index in [0.717, 1.165) is 4.09 Å².